The van der Waals surface area contributed by atoms with Crippen LogP contribution in [0.1, 0.15) is 42.4 Å². The third-order valence-corrected chi connectivity index (χ3v) is 11.3. The van der Waals surface area contributed by atoms with Crippen LogP contribution >= 0.6 is 11.6 Å². The van der Waals surface area contributed by atoms with Gasteiger partial charge in [0.15, 0.2) is 5.54 Å². The fourth-order valence-corrected chi connectivity index (χ4v) is 8.82. The monoisotopic (exact) mass is 666 g/mol. The number of nitrogens with zero attached hydrogens (tertiary/aromatic N) is 4. The molecule has 12 heteroatoms. The summed E-state index contributed by atoms with van der Waals surface area (Å²) in [5.74, 6) is 0.0125. The summed E-state index contributed by atoms with van der Waals surface area (Å²) in [5, 5.41) is 0.335. The van der Waals surface area contributed by atoms with Crippen molar-refractivity contribution in [1.29, 1.82) is 0 Å². The van der Waals surface area contributed by atoms with Gasteiger partial charge in [0.25, 0.3) is 15.9 Å². The standard InChI is InChI=1S/C34H39ClN4O6S/c1-36(2)32(40)30-8-7-19-38(30)34(28-20-23(9-16-31(28)45-4)22-37-17-5-6-18-37)27-21-24(35)10-15-29(27)39(33(34)41)46(42,43)26-13-11-25(44-3)12-14-26/h9-16,20-21,30H,5-8,17-19,22H2,1-4H3/t30-,34+/m0/s1. The number of sulfonamides is 1. The minimum absolute atomic E-state index is 0.0737. The zero-order chi connectivity index (χ0) is 32.8. The molecule has 3 aromatic carbocycles. The topological polar surface area (TPSA) is 99.7 Å². The van der Waals surface area contributed by atoms with Gasteiger partial charge in [-0.3, -0.25) is 19.4 Å². The molecule has 3 aliphatic heterocycles. The number of likely N-dealkylation sites (tertiary alicyclic amines) is 2. The molecule has 0 unspecified atom stereocenters. The van der Waals surface area contributed by atoms with Crippen molar-refractivity contribution in [2.75, 3.05) is 52.3 Å². The van der Waals surface area contributed by atoms with Gasteiger partial charge >= 0.3 is 0 Å². The molecule has 0 aromatic heterocycles. The van der Waals surface area contributed by atoms with Crippen LogP contribution in [0.25, 0.3) is 0 Å². The third-order valence-electron chi connectivity index (χ3n) is 9.33. The van der Waals surface area contributed by atoms with Gasteiger partial charge in [0.05, 0.1) is 30.8 Å². The Kier molecular flexibility index (Phi) is 8.79. The van der Waals surface area contributed by atoms with Crippen molar-refractivity contribution >= 4 is 39.1 Å². The van der Waals surface area contributed by atoms with Crippen molar-refractivity contribution in [2.24, 2.45) is 0 Å². The second kappa shape index (κ2) is 12.5. The number of hydrogen-bond donors (Lipinski definition) is 0. The van der Waals surface area contributed by atoms with Crippen LogP contribution in [0.15, 0.2) is 65.6 Å². The zero-order valence-corrected chi connectivity index (χ0v) is 28.1. The molecule has 2 fully saturated rings. The van der Waals surface area contributed by atoms with E-state index in [1.807, 2.05) is 23.1 Å². The van der Waals surface area contributed by atoms with Gasteiger partial charge < -0.3 is 14.4 Å². The molecule has 3 aliphatic rings. The van der Waals surface area contributed by atoms with E-state index in [4.69, 9.17) is 21.1 Å². The number of anilines is 1. The smallest absolute Gasteiger partial charge is 0.271 e. The Morgan fingerprint density at radius 2 is 1.65 bits per heavy atom. The van der Waals surface area contributed by atoms with Crippen molar-refractivity contribution in [3.63, 3.8) is 0 Å². The number of halogens is 1. The van der Waals surface area contributed by atoms with E-state index in [9.17, 15) is 13.2 Å². The average molecular weight is 667 g/mol. The number of rotatable bonds is 9. The van der Waals surface area contributed by atoms with Crippen molar-refractivity contribution < 1.29 is 27.5 Å². The third kappa shape index (κ3) is 5.23. The Labute approximate surface area is 275 Å². The van der Waals surface area contributed by atoms with Crippen LogP contribution in [0.5, 0.6) is 11.5 Å². The first-order valence-corrected chi connectivity index (χ1v) is 17.3. The number of carbonyl (C=O) groups is 2. The van der Waals surface area contributed by atoms with Crippen molar-refractivity contribution in [3.05, 3.63) is 82.4 Å². The summed E-state index contributed by atoms with van der Waals surface area (Å²) < 4.78 is 41.1. The Balaban J connectivity index is 1.63. The predicted octanol–water partition coefficient (Wildman–Crippen LogP) is 4.48. The maximum absolute atomic E-state index is 15.4. The number of amides is 2. The quantitative estimate of drug-likeness (QED) is 0.330. The lowest BCUT2D eigenvalue weighted by molar-refractivity contribution is -0.138. The maximum atomic E-state index is 15.4. The Bertz CT molecular complexity index is 1760. The first-order valence-electron chi connectivity index (χ1n) is 15.5. The van der Waals surface area contributed by atoms with Crippen LogP contribution in [0.4, 0.5) is 5.69 Å². The van der Waals surface area contributed by atoms with Crippen LogP contribution in [-0.4, -0.2) is 88.9 Å². The molecule has 0 aliphatic carbocycles. The second-order valence-electron chi connectivity index (χ2n) is 12.2. The van der Waals surface area contributed by atoms with Gasteiger partial charge in [-0.2, -0.15) is 0 Å². The van der Waals surface area contributed by atoms with E-state index in [-0.39, 0.29) is 16.5 Å². The van der Waals surface area contributed by atoms with E-state index in [0.29, 0.717) is 53.6 Å². The van der Waals surface area contributed by atoms with Gasteiger partial charge in [0.2, 0.25) is 5.91 Å². The van der Waals surface area contributed by atoms with Crippen LogP contribution < -0.4 is 13.8 Å². The van der Waals surface area contributed by atoms with Crippen molar-refractivity contribution in [3.8, 4) is 11.5 Å². The molecule has 0 saturated carbocycles. The first-order chi connectivity index (χ1) is 22.0. The summed E-state index contributed by atoms with van der Waals surface area (Å²) in [7, 11) is 1.96. The summed E-state index contributed by atoms with van der Waals surface area (Å²) in [6.07, 6.45) is 3.38. The van der Waals surface area contributed by atoms with Gasteiger partial charge in [-0.1, -0.05) is 17.7 Å². The summed E-state index contributed by atoms with van der Waals surface area (Å²) in [5.41, 5.74) is 0.266. The molecule has 0 radical (unpaired) electrons. The molecule has 244 valence electrons. The lowest BCUT2D eigenvalue weighted by Crippen LogP contribution is -2.59. The first kappa shape index (κ1) is 32.3. The highest BCUT2D eigenvalue weighted by molar-refractivity contribution is 7.93. The van der Waals surface area contributed by atoms with E-state index in [0.717, 1.165) is 35.8 Å². The Hall–Kier alpha value is -3.64. The van der Waals surface area contributed by atoms with Gasteiger partial charge in [-0.15, -0.1) is 0 Å². The van der Waals surface area contributed by atoms with Gasteiger partial charge in [0.1, 0.15) is 11.5 Å². The van der Waals surface area contributed by atoms with Crippen molar-refractivity contribution in [1.82, 2.24) is 14.7 Å². The van der Waals surface area contributed by atoms with Crippen LogP contribution in [0.3, 0.4) is 0 Å². The summed E-state index contributed by atoms with van der Waals surface area (Å²) in [4.78, 5) is 34.8. The summed E-state index contributed by atoms with van der Waals surface area (Å²) in [6.45, 7) is 2.99. The highest BCUT2D eigenvalue weighted by Gasteiger charge is 2.63. The zero-order valence-electron chi connectivity index (χ0n) is 26.5. The molecule has 0 spiro atoms. The lowest BCUT2D eigenvalue weighted by Gasteiger charge is -2.42. The fourth-order valence-electron chi connectivity index (χ4n) is 7.19. The number of fused-ring (bicyclic) bond motifs is 1. The number of benzene rings is 3. The van der Waals surface area contributed by atoms with E-state index in [1.54, 1.807) is 44.4 Å². The van der Waals surface area contributed by atoms with E-state index < -0.39 is 27.5 Å². The molecule has 0 N–H and O–H groups in total. The van der Waals surface area contributed by atoms with Crippen LogP contribution in [0, 0.1) is 0 Å². The number of methoxy groups -OCH3 is 2. The molecule has 2 atom stereocenters. The van der Waals surface area contributed by atoms with Gasteiger partial charge in [-0.05, 0) is 98.9 Å². The lowest BCUT2D eigenvalue weighted by atomic mass is 9.80. The number of carbonyl (C=O) groups excluding carboxylic acids is 2. The Morgan fingerprint density at radius 1 is 0.935 bits per heavy atom. The molecular weight excluding hydrogens is 628 g/mol. The Morgan fingerprint density at radius 3 is 2.30 bits per heavy atom. The van der Waals surface area contributed by atoms with Crippen molar-refractivity contribution in [2.45, 2.75) is 48.7 Å². The predicted molar refractivity (Wildman–Crippen MR) is 176 cm³/mol. The van der Waals surface area contributed by atoms with Gasteiger partial charge in [-0.25, -0.2) is 12.7 Å². The molecule has 3 heterocycles. The van der Waals surface area contributed by atoms with E-state index in [2.05, 4.69) is 4.90 Å². The highest BCUT2D eigenvalue weighted by Crippen LogP contribution is 2.55. The largest absolute Gasteiger partial charge is 0.497 e. The molecule has 46 heavy (non-hydrogen) atoms. The molecular formula is C34H39ClN4O6S. The maximum Gasteiger partial charge on any atom is 0.271 e. The van der Waals surface area contributed by atoms with E-state index >= 15 is 4.79 Å². The van der Waals surface area contributed by atoms with Gasteiger partial charge in [0, 0.05) is 43.3 Å². The fraction of sp³-hybridized carbons (Fsp3) is 0.412. The number of hydrogen-bond acceptors (Lipinski definition) is 8. The molecule has 6 rings (SSSR count). The normalized spacial score (nSPS) is 21.9. The molecule has 2 amide bonds. The number of likely N-dealkylation sites (N-methyl/N-ethyl adjacent to an activating group) is 1. The highest BCUT2D eigenvalue weighted by atomic mass is 35.5. The summed E-state index contributed by atoms with van der Waals surface area (Å²) >= 11 is 6.65. The van der Waals surface area contributed by atoms with Crippen LogP contribution in [0.2, 0.25) is 5.02 Å². The van der Waals surface area contributed by atoms with Crippen LogP contribution in [-0.2, 0) is 31.7 Å². The van der Waals surface area contributed by atoms with E-state index in [1.165, 1.54) is 31.3 Å². The number of ether oxygens (including phenoxy) is 2. The molecule has 0 bridgehead atoms. The summed E-state index contributed by atoms with van der Waals surface area (Å²) in [6, 6.07) is 15.8. The molecule has 2 saturated heterocycles. The SMILES string of the molecule is COc1ccc(S(=O)(=O)N2C(=O)[C@@](c3cc(CN4CCCC4)ccc3OC)(N3CCC[C@H]3C(=O)N(C)C)c3cc(Cl)ccc32)cc1. The minimum atomic E-state index is -4.44. The second-order valence-corrected chi connectivity index (χ2v) is 14.4. The molecule has 3 aromatic rings. The average Bonchev–Trinajstić information content (AvgIpc) is 3.80. The molecule has 10 nitrogen and oxygen atoms in total. The minimum Gasteiger partial charge on any atom is -0.497 e.